The van der Waals surface area contributed by atoms with Gasteiger partial charge in [-0.25, -0.2) is 0 Å². The quantitative estimate of drug-likeness (QED) is 0.674. The number of hydrogen-bond acceptors (Lipinski definition) is 3. The number of thiophene rings is 1. The normalized spacial score (nSPS) is 11.9. The first kappa shape index (κ1) is 15.8. The fraction of sp³-hybridized carbons (Fsp3) is 0.167. The summed E-state index contributed by atoms with van der Waals surface area (Å²) in [6, 6.07) is 16.5. The third-order valence-electron chi connectivity index (χ3n) is 3.52. The summed E-state index contributed by atoms with van der Waals surface area (Å²) in [5.41, 5.74) is 2.44. The predicted octanol–water partition coefficient (Wildman–Crippen LogP) is 4.40. The molecule has 0 aliphatic carbocycles. The molecule has 118 valence electrons. The molecular weight excluding hydrogens is 324 g/mol. The fourth-order valence-corrected chi connectivity index (χ4v) is 3.29. The predicted molar refractivity (Wildman–Crippen MR) is 98.6 cm³/mol. The molecule has 0 aliphatic heterocycles. The van der Waals surface area contributed by atoms with Crippen molar-refractivity contribution in [1.29, 1.82) is 0 Å². The molecule has 0 radical (unpaired) electrons. The van der Waals surface area contributed by atoms with Crippen molar-refractivity contribution >= 4 is 28.7 Å². The maximum Gasteiger partial charge on any atom is 0.167 e. The van der Waals surface area contributed by atoms with Gasteiger partial charge < -0.3 is 15.1 Å². The summed E-state index contributed by atoms with van der Waals surface area (Å²) in [6.07, 6.45) is 1.66. The van der Waals surface area contributed by atoms with Crippen molar-refractivity contribution in [3.8, 4) is 0 Å². The van der Waals surface area contributed by atoms with Crippen LogP contribution in [0.1, 0.15) is 27.8 Å². The molecule has 2 N–H and O–H groups in total. The summed E-state index contributed by atoms with van der Waals surface area (Å²) >= 11 is 7.16. The van der Waals surface area contributed by atoms with E-state index in [0.29, 0.717) is 11.7 Å². The molecule has 0 unspecified atom stereocenters. The molecular formula is C18H18N2OS2. The molecule has 2 aromatic heterocycles. The number of benzene rings is 1. The highest BCUT2D eigenvalue weighted by atomic mass is 32.1. The standard InChI is InChI=1S/C18H18N2OS2/c1-13-6-8-14(9-7-13)17(16-5-3-11-23-16)20-18(22)19-12-15-4-2-10-21-15/h2-11,17H,12H2,1H3,(H2,19,20,22)/t17-/m1/s1. The highest BCUT2D eigenvalue weighted by Crippen LogP contribution is 2.26. The van der Waals surface area contributed by atoms with Crippen LogP contribution in [0.15, 0.2) is 64.6 Å². The summed E-state index contributed by atoms with van der Waals surface area (Å²) < 4.78 is 5.31. The van der Waals surface area contributed by atoms with Crippen LogP contribution in [0, 0.1) is 6.92 Å². The Labute approximate surface area is 145 Å². The lowest BCUT2D eigenvalue weighted by atomic mass is 10.0. The second-order valence-electron chi connectivity index (χ2n) is 5.27. The Kier molecular flexibility index (Phi) is 5.10. The molecule has 0 saturated heterocycles. The van der Waals surface area contributed by atoms with Gasteiger partial charge in [0.2, 0.25) is 0 Å². The van der Waals surface area contributed by atoms with Crippen LogP contribution in [0.2, 0.25) is 0 Å². The minimum absolute atomic E-state index is 0.0483. The first-order valence-electron chi connectivity index (χ1n) is 7.39. The van der Waals surface area contributed by atoms with E-state index in [0.717, 1.165) is 5.76 Å². The number of thiocarbonyl (C=S) groups is 1. The molecule has 23 heavy (non-hydrogen) atoms. The average molecular weight is 342 g/mol. The summed E-state index contributed by atoms with van der Waals surface area (Å²) in [5.74, 6) is 0.858. The van der Waals surface area contributed by atoms with Gasteiger partial charge in [0, 0.05) is 4.88 Å². The van der Waals surface area contributed by atoms with Crippen molar-refractivity contribution in [3.63, 3.8) is 0 Å². The number of aryl methyl sites for hydroxylation is 1. The second kappa shape index (κ2) is 7.44. The van der Waals surface area contributed by atoms with Crippen LogP contribution in [0.3, 0.4) is 0 Å². The SMILES string of the molecule is Cc1ccc([C@@H](NC(=S)NCc2ccco2)c2cccs2)cc1. The van der Waals surface area contributed by atoms with Crippen molar-refractivity contribution in [3.05, 3.63) is 81.9 Å². The number of rotatable bonds is 5. The largest absolute Gasteiger partial charge is 0.467 e. The topological polar surface area (TPSA) is 37.2 Å². The van der Waals surface area contributed by atoms with Gasteiger partial charge in [-0.3, -0.25) is 0 Å². The Balaban J connectivity index is 1.71. The first-order valence-corrected chi connectivity index (χ1v) is 8.68. The Hall–Kier alpha value is -2.11. The van der Waals surface area contributed by atoms with Crippen LogP contribution in [0.4, 0.5) is 0 Å². The smallest absolute Gasteiger partial charge is 0.167 e. The second-order valence-corrected chi connectivity index (χ2v) is 6.65. The van der Waals surface area contributed by atoms with E-state index in [4.69, 9.17) is 16.6 Å². The van der Waals surface area contributed by atoms with E-state index in [-0.39, 0.29) is 6.04 Å². The van der Waals surface area contributed by atoms with Gasteiger partial charge in [-0.2, -0.15) is 0 Å². The molecule has 0 amide bonds. The molecule has 0 aliphatic rings. The van der Waals surface area contributed by atoms with E-state index in [2.05, 4.69) is 59.3 Å². The molecule has 3 rings (SSSR count). The Morgan fingerprint density at radius 3 is 2.65 bits per heavy atom. The van der Waals surface area contributed by atoms with Crippen molar-refractivity contribution in [1.82, 2.24) is 10.6 Å². The molecule has 1 aromatic carbocycles. The van der Waals surface area contributed by atoms with Crippen molar-refractivity contribution in [2.24, 2.45) is 0 Å². The highest BCUT2D eigenvalue weighted by Gasteiger charge is 2.16. The van der Waals surface area contributed by atoms with E-state index in [1.54, 1.807) is 17.6 Å². The highest BCUT2D eigenvalue weighted by molar-refractivity contribution is 7.80. The number of furan rings is 1. The van der Waals surface area contributed by atoms with Gasteiger partial charge in [-0.05, 0) is 48.3 Å². The zero-order chi connectivity index (χ0) is 16.1. The van der Waals surface area contributed by atoms with Gasteiger partial charge in [0.15, 0.2) is 5.11 Å². The van der Waals surface area contributed by atoms with Crippen molar-refractivity contribution < 1.29 is 4.42 Å². The lowest BCUT2D eigenvalue weighted by Gasteiger charge is -2.20. The van der Waals surface area contributed by atoms with Crippen LogP contribution in [0.5, 0.6) is 0 Å². The maximum absolute atomic E-state index is 5.44. The van der Waals surface area contributed by atoms with Crippen LogP contribution < -0.4 is 10.6 Å². The number of hydrogen-bond donors (Lipinski definition) is 2. The van der Waals surface area contributed by atoms with E-state index in [1.165, 1.54) is 16.0 Å². The van der Waals surface area contributed by atoms with Gasteiger partial charge in [-0.1, -0.05) is 35.9 Å². The molecule has 3 nitrogen and oxygen atoms in total. The van der Waals surface area contributed by atoms with Gasteiger partial charge in [0.1, 0.15) is 5.76 Å². The van der Waals surface area contributed by atoms with Gasteiger partial charge >= 0.3 is 0 Å². The summed E-state index contributed by atoms with van der Waals surface area (Å²) in [6.45, 7) is 2.66. The third kappa shape index (κ3) is 4.21. The zero-order valence-corrected chi connectivity index (χ0v) is 14.4. The van der Waals surface area contributed by atoms with E-state index < -0.39 is 0 Å². The molecule has 0 spiro atoms. The third-order valence-corrected chi connectivity index (χ3v) is 4.72. The Bertz CT molecular complexity index is 734. The summed E-state index contributed by atoms with van der Waals surface area (Å²) in [5, 5.41) is 9.29. The van der Waals surface area contributed by atoms with Gasteiger partial charge in [0.05, 0.1) is 18.8 Å². The minimum atomic E-state index is 0.0483. The lowest BCUT2D eigenvalue weighted by Crippen LogP contribution is -2.37. The van der Waals surface area contributed by atoms with Crippen LogP contribution in [-0.4, -0.2) is 5.11 Å². The monoisotopic (exact) mass is 342 g/mol. The van der Waals surface area contributed by atoms with E-state index in [1.807, 2.05) is 12.1 Å². The number of nitrogens with one attached hydrogen (secondary N) is 2. The van der Waals surface area contributed by atoms with Crippen LogP contribution in [-0.2, 0) is 6.54 Å². The molecule has 5 heteroatoms. The van der Waals surface area contributed by atoms with Crippen LogP contribution in [0.25, 0.3) is 0 Å². The lowest BCUT2D eigenvalue weighted by molar-refractivity contribution is 0.502. The van der Waals surface area contributed by atoms with Crippen molar-refractivity contribution in [2.45, 2.75) is 19.5 Å². The molecule has 0 fully saturated rings. The first-order chi connectivity index (χ1) is 11.2. The molecule has 0 bridgehead atoms. The average Bonchev–Trinajstić information content (AvgIpc) is 3.25. The van der Waals surface area contributed by atoms with Crippen LogP contribution >= 0.6 is 23.6 Å². The zero-order valence-electron chi connectivity index (χ0n) is 12.8. The fourth-order valence-electron chi connectivity index (χ4n) is 2.30. The van der Waals surface area contributed by atoms with Gasteiger partial charge in [0.25, 0.3) is 0 Å². The molecule has 3 aromatic rings. The molecule has 2 heterocycles. The Morgan fingerprint density at radius 1 is 1.17 bits per heavy atom. The summed E-state index contributed by atoms with van der Waals surface area (Å²) in [7, 11) is 0. The van der Waals surface area contributed by atoms with E-state index in [9.17, 15) is 0 Å². The molecule has 1 atom stereocenters. The summed E-state index contributed by atoms with van der Waals surface area (Å²) in [4.78, 5) is 1.23. The van der Waals surface area contributed by atoms with Gasteiger partial charge in [-0.15, -0.1) is 11.3 Å². The molecule has 0 saturated carbocycles. The Morgan fingerprint density at radius 2 is 2.00 bits per heavy atom. The minimum Gasteiger partial charge on any atom is -0.467 e. The van der Waals surface area contributed by atoms with E-state index >= 15 is 0 Å². The maximum atomic E-state index is 5.44. The van der Waals surface area contributed by atoms with Crippen molar-refractivity contribution in [2.75, 3.05) is 0 Å².